The summed E-state index contributed by atoms with van der Waals surface area (Å²) < 4.78 is 61.8. The van der Waals surface area contributed by atoms with Gasteiger partial charge in [-0.15, -0.1) is 0 Å². The highest BCUT2D eigenvalue weighted by atomic mass is 35.5. The van der Waals surface area contributed by atoms with Gasteiger partial charge in [-0.25, -0.2) is 22.8 Å². The van der Waals surface area contributed by atoms with E-state index in [1.165, 1.54) is 25.3 Å². The number of amides is 2. The van der Waals surface area contributed by atoms with Crippen LogP contribution < -0.4 is 18.7 Å². The molecule has 40 heavy (non-hydrogen) atoms. The van der Waals surface area contributed by atoms with Crippen LogP contribution in [0.4, 0.5) is 20.3 Å². The molecule has 0 saturated heterocycles. The van der Waals surface area contributed by atoms with Gasteiger partial charge in [-0.3, -0.25) is 9.59 Å². The summed E-state index contributed by atoms with van der Waals surface area (Å²) in [6.45, 7) is 0.0631. The minimum atomic E-state index is -4.29. The van der Waals surface area contributed by atoms with Crippen molar-refractivity contribution in [3.05, 3.63) is 82.5 Å². The van der Waals surface area contributed by atoms with Crippen LogP contribution in [0.25, 0.3) is 0 Å². The number of nitrogens with one attached hydrogen (secondary N) is 1. The Morgan fingerprint density at radius 3 is 2.48 bits per heavy atom. The maximum atomic E-state index is 13.9. The molecular weight excluding hydrogens is 566 g/mol. The van der Waals surface area contributed by atoms with E-state index in [4.69, 9.17) is 16.3 Å². The van der Waals surface area contributed by atoms with E-state index in [1.807, 2.05) is 4.72 Å². The average molecular weight is 593 g/mol. The normalized spacial score (nSPS) is 13.5. The number of ether oxygens (including phenoxy) is 1. The fourth-order valence-corrected chi connectivity index (χ4v) is 6.00. The number of fused-ring (bicyclic) bond motifs is 1. The highest BCUT2D eigenvalue weighted by molar-refractivity contribution is 7.91. The summed E-state index contributed by atoms with van der Waals surface area (Å²) in [6, 6.07) is 11.2. The van der Waals surface area contributed by atoms with Gasteiger partial charge in [0.15, 0.2) is 0 Å². The highest BCUT2D eigenvalue weighted by Gasteiger charge is 2.33. The first kappa shape index (κ1) is 29.2. The summed E-state index contributed by atoms with van der Waals surface area (Å²) in [5.74, 6) is -3.01. The minimum Gasteiger partial charge on any atom is -0.497 e. The number of nitrogens with zero attached hydrogens (tertiary/aromatic N) is 3. The molecule has 0 unspecified atom stereocenters. The van der Waals surface area contributed by atoms with E-state index in [1.54, 1.807) is 30.3 Å². The lowest BCUT2D eigenvalue weighted by Gasteiger charge is -2.24. The van der Waals surface area contributed by atoms with Crippen molar-refractivity contribution in [2.45, 2.75) is 25.7 Å². The number of aromatic nitrogens is 1. The molecule has 1 aromatic heterocycles. The number of anilines is 2. The molecule has 2 amide bonds. The van der Waals surface area contributed by atoms with Crippen LogP contribution >= 0.6 is 11.6 Å². The van der Waals surface area contributed by atoms with E-state index in [2.05, 4.69) is 4.98 Å². The van der Waals surface area contributed by atoms with Crippen LogP contribution in [0.2, 0.25) is 5.02 Å². The molecule has 0 radical (unpaired) electrons. The van der Waals surface area contributed by atoms with Crippen molar-refractivity contribution in [3.63, 3.8) is 0 Å². The molecule has 0 saturated carbocycles. The molecule has 2 aromatic carbocycles. The first-order valence-corrected chi connectivity index (χ1v) is 14.1. The Morgan fingerprint density at radius 1 is 1.15 bits per heavy atom. The van der Waals surface area contributed by atoms with Gasteiger partial charge >= 0.3 is 10.2 Å². The molecule has 1 N–H and O–H groups in total. The monoisotopic (exact) mass is 592 g/mol. The predicted molar refractivity (Wildman–Crippen MR) is 147 cm³/mol. The Kier molecular flexibility index (Phi) is 8.89. The second-order valence-corrected chi connectivity index (χ2v) is 11.3. The third-order valence-corrected chi connectivity index (χ3v) is 8.35. The van der Waals surface area contributed by atoms with Crippen LogP contribution in [0, 0.1) is 17.6 Å². The predicted octanol–water partition coefficient (Wildman–Crippen LogP) is 4.05. The van der Waals surface area contributed by atoms with E-state index in [-0.39, 0.29) is 37.2 Å². The third kappa shape index (κ3) is 6.68. The summed E-state index contributed by atoms with van der Waals surface area (Å²) in [7, 11) is -1.24. The van der Waals surface area contributed by atoms with Crippen LogP contribution in [0.15, 0.2) is 54.7 Å². The summed E-state index contributed by atoms with van der Waals surface area (Å²) in [5.41, 5.74) is 1.33. The molecule has 0 bridgehead atoms. The molecular formula is C27H27ClF2N4O5S. The van der Waals surface area contributed by atoms with Crippen LogP contribution in [-0.4, -0.2) is 45.9 Å². The number of carbonyl (C=O) groups excluding carboxylic acids is 2. The fraction of sp³-hybridized carbons (Fsp3) is 0.296. The van der Waals surface area contributed by atoms with Crippen molar-refractivity contribution in [3.8, 4) is 5.75 Å². The lowest BCUT2D eigenvalue weighted by atomic mass is 9.93. The maximum Gasteiger partial charge on any atom is 0.327 e. The number of carbonyl (C=O) groups is 2. The second kappa shape index (κ2) is 12.2. The van der Waals surface area contributed by atoms with E-state index in [9.17, 15) is 26.8 Å². The molecule has 1 aliphatic rings. The van der Waals surface area contributed by atoms with Gasteiger partial charge in [0.05, 0.1) is 7.11 Å². The van der Waals surface area contributed by atoms with Crippen molar-refractivity contribution >= 4 is 45.1 Å². The van der Waals surface area contributed by atoms with Crippen molar-refractivity contribution in [2.75, 3.05) is 29.9 Å². The standard InChI is InChI=1S/C27H27ClF2N4O5S/c1-33(21-4-6-22(39-2)7-5-21)27(36)18(13-17-14-19(29)16-20(30)15-17)3-8-25(35)32-40(37,38)34-12-10-23-24(28)9-11-31-26(23)34/h4-7,9,11,14-16,18H,3,8,10,12-13H2,1-2H3,(H,32,35)/t18-/m0/s1. The molecule has 0 spiro atoms. The smallest absolute Gasteiger partial charge is 0.327 e. The molecule has 212 valence electrons. The maximum absolute atomic E-state index is 13.9. The lowest BCUT2D eigenvalue weighted by molar-refractivity contribution is -0.123. The van der Waals surface area contributed by atoms with Crippen molar-refractivity contribution in [2.24, 2.45) is 5.92 Å². The summed E-state index contributed by atoms with van der Waals surface area (Å²) in [4.78, 5) is 31.7. The quantitative estimate of drug-likeness (QED) is 0.381. The van der Waals surface area contributed by atoms with Crippen LogP contribution in [0.3, 0.4) is 0 Å². The van der Waals surface area contributed by atoms with Gasteiger partial charge in [0.2, 0.25) is 11.8 Å². The number of hydrogen-bond donors (Lipinski definition) is 1. The highest BCUT2D eigenvalue weighted by Crippen LogP contribution is 2.32. The Balaban J connectivity index is 1.49. The van der Waals surface area contributed by atoms with Crippen LogP contribution in [-0.2, 0) is 32.6 Å². The molecule has 0 fully saturated rings. The zero-order valence-electron chi connectivity index (χ0n) is 21.7. The van der Waals surface area contributed by atoms with Gasteiger partial charge in [-0.05, 0) is 67.3 Å². The number of pyridine rings is 1. The molecule has 9 nitrogen and oxygen atoms in total. The number of methoxy groups -OCH3 is 1. The molecule has 0 aliphatic carbocycles. The van der Waals surface area contributed by atoms with Crippen LogP contribution in [0.5, 0.6) is 5.75 Å². The van der Waals surface area contributed by atoms with Gasteiger partial charge in [-0.2, -0.15) is 8.42 Å². The lowest BCUT2D eigenvalue weighted by Crippen LogP contribution is -2.43. The second-order valence-electron chi connectivity index (χ2n) is 9.26. The Morgan fingerprint density at radius 2 is 1.82 bits per heavy atom. The third-order valence-electron chi connectivity index (χ3n) is 6.57. The van der Waals surface area contributed by atoms with Gasteiger partial charge < -0.3 is 9.64 Å². The first-order valence-electron chi connectivity index (χ1n) is 12.3. The first-order chi connectivity index (χ1) is 19.0. The van der Waals surface area contributed by atoms with Crippen LogP contribution in [0.1, 0.15) is 24.0 Å². The number of benzene rings is 2. The Hall–Kier alpha value is -3.77. The van der Waals surface area contributed by atoms with E-state index in [0.29, 0.717) is 28.4 Å². The van der Waals surface area contributed by atoms with Crippen molar-refractivity contribution < 1.29 is 31.5 Å². The van der Waals surface area contributed by atoms with Crippen molar-refractivity contribution in [1.29, 1.82) is 0 Å². The largest absolute Gasteiger partial charge is 0.497 e. The summed E-state index contributed by atoms with van der Waals surface area (Å²) >= 11 is 6.14. The molecule has 13 heteroatoms. The molecule has 2 heterocycles. The van der Waals surface area contributed by atoms with E-state index in [0.717, 1.165) is 22.5 Å². The fourth-order valence-electron chi connectivity index (χ4n) is 4.55. The molecule has 1 atom stereocenters. The van der Waals surface area contributed by atoms with Crippen molar-refractivity contribution in [1.82, 2.24) is 9.71 Å². The number of hydrogen-bond acceptors (Lipinski definition) is 6. The summed E-state index contributed by atoms with van der Waals surface area (Å²) in [6.07, 6.45) is 1.22. The Labute approximate surface area is 235 Å². The SMILES string of the molecule is COc1ccc(N(C)C(=O)[C@@H](CCC(=O)NS(=O)(=O)N2CCc3c(Cl)ccnc32)Cc2cc(F)cc(F)c2)cc1. The number of halogens is 3. The summed E-state index contributed by atoms with van der Waals surface area (Å²) in [5, 5.41) is 0.380. The molecule has 4 rings (SSSR count). The zero-order chi connectivity index (χ0) is 29.0. The van der Waals surface area contributed by atoms with Gasteiger partial charge in [-0.1, -0.05) is 11.6 Å². The molecule has 3 aromatic rings. The zero-order valence-corrected chi connectivity index (χ0v) is 23.3. The van der Waals surface area contributed by atoms with E-state index >= 15 is 0 Å². The van der Waals surface area contributed by atoms with Gasteiger partial charge in [0.1, 0.15) is 23.2 Å². The Bertz CT molecular complexity index is 1500. The van der Waals surface area contributed by atoms with E-state index < -0.39 is 39.6 Å². The van der Waals surface area contributed by atoms with Gasteiger partial charge in [0, 0.05) is 54.5 Å². The van der Waals surface area contributed by atoms with Gasteiger partial charge in [0.25, 0.3) is 0 Å². The average Bonchev–Trinajstić information content (AvgIpc) is 3.36. The number of rotatable bonds is 10. The minimum absolute atomic E-state index is 0.0631. The molecule has 1 aliphatic heterocycles. The topological polar surface area (TPSA) is 109 Å².